The van der Waals surface area contributed by atoms with E-state index < -0.39 is 11.5 Å². The molecule has 0 saturated carbocycles. The molecular weight excluding hydrogens is 286 g/mol. The van der Waals surface area contributed by atoms with Crippen molar-refractivity contribution in [2.24, 2.45) is 0 Å². The Labute approximate surface area is 124 Å². The van der Waals surface area contributed by atoms with Gasteiger partial charge in [0.2, 0.25) is 0 Å². The Morgan fingerprint density at radius 2 is 2.00 bits per heavy atom. The molecule has 0 aliphatic heterocycles. The summed E-state index contributed by atoms with van der Waals surface area (Å²) in [5.41, 5.74) is 0.501. The van der Waals surface area contributed by atoms with Crippen LogP contribution in [0.1, 0.15) is 21.7 Å². The van der Waals surface area contributed by atoms with Crippen LogP contribution in [-0.4, -0.2) is 33.0 Å². The molecule has 0 atom stereocenters. The molecule has 0 unspecified atom stereocenters. The molecule has 0 bridgehead atoms. The number of nitrogens with zero attached hydrogens (tertiary/aromatic N) is 3. The molecule has 1 N–H and O–H groups in total. The van der Waals surface area contributed by atoms with Crippen molar-refractivity contribution in [1.29, 1.82) is 0 Å². The molecule has 0 aromatic carbocycles. The maximum absolute atomic E-state index is 12.4. The van der Waals surface area contributed by atoms with Gasteiger partial charge < -0.3 is 9.94 Å². The van der Waals surface area contributed by atoms with Crippen LogP contribution in [0, 0.1) is 13.8 Å². The van der Waals surface area contributed by atoms with Crippen molar-refractivity contribution in [2.75, 3.05) is 7.11 Å². The van der Waals surface area contributed by atoms with E-state index in [1.54, 1.807) is 26.0 Å². The molecule has 3 aromatic heterocycles. The number of hydrogen-bond donors (Lipinski definition) is 1. The monoisotopic (exact) mass is 299 g/mol. The van der Waals surface area contributed by atoms with Gasteiger partial charge in [-0.15, -0.1) is 4.73 Å². The van der Waals surface area contributed by atoms with E-state index in [1.165, 1.54) is 13.3 Å². The van der Waals surface area contributed by atoms with Gasteiger partial charge in [-0.25, -0.2) is 9.78 Å². The number of methoxy groups -OCH3 is 1. The van der Waals surface area contributed by atoms with Gasteiger partial charge >= 0.3 is 5.97 Å². The zero-order valence-electron chi connectivity index (χ0n) is 12.2. The van der Waals surface area contributed by atoms with Gasteiger partial charge in [-0.3, -0.25) is 9.78 Å². The van der Waals surface area contributed by atoms with Crippen LogP contribution in [0.5, 0.6) is 0 Å². The summed E-state index contributed by atoms with van der Waals surface area (Å²) in [7, 11) is 1.27. The van der Waals surface area contributed by atoms with Crippen LogP contribution in [-0.2, 0) is 4.74 Å². The van der Waals surface area contributed by atoms with Crippen LogP contribution in [0.4, 0.5) is 0 Å². The molecule has 0 aliphatic carbocycles. The Bertz CT molecular complexity index is 992. The van der Waals surface area contributed by atoms with Crippen LogP contribution in [0.25, 0.3) is 21.8 Å². The number of ether oxygens (including phenoxy) is 1. The van der Waals surface area contributed by atoms with Crippen molar-refractivity contribution >= 4 is 27.8 Å². The molecule has 22 heavy (non-hydrogen) atoms. The zero-order chi connectivity index (χ0) is 16.0. The van der Waals surface area contributed by atoms with Crippen LogP contribution in [0.3, 0.4) is 0 Å². The summed E-state index contributed by atoms with van der Waals surface area (Å²) < 4.78 is 5.29. The smallest absolute Gasteiger partial charge is 0.340 e. The highest BCUT2D eigenvalue weighted by molar-refractivity contribution is 6.15. The lowest BCUT2D eigenvalue weighted by Crippen LogP contribution is -2.22. The minimum atomic E-state index is -0.670. The number of esters is 1. The lowest BCUT2D eigenvalue weighted by Gasteiger charge is -2.13. The number of carbonyl (C=O) groups excluding carboxylic acids is 1. The first kappa shape index (κ1) is 14.0. The van der Waals surface area contributed by atoms with Gasteiger partial charge in [0, 0.05) is 17.0 Å². The fourth-order valence-electron chi connectivity index (χ4n) is 2.70. The molecule has 0 amide bonds. The predicted octanol–water partition coefficient (Wildman–Crippen LogP) is 1.59. The normalized spacial score (nSPS) is 11.0. The topological polar surface area (TPSA) is 94.3 Å². The number of hydrogen-bond acceptors (Lipinski definition) is 6. The molecule has 0 spiro atoms. The van der Waals surface area contributed by atoms with Gasteiger partial charge in [0.25, 0.3) is 5.56 Å². The van der Waals surface area contributed by atoms with E-state index in [-0.39, 0.29) is 16.6 Å². The molecule has 3 heterocycles. The molecule has 7 nitrogen and oxygen atoms in total. The highest BCUT2D eigenvalue weighted by Gasteiger charge is 2.23. The summed E-state index contributed by atoms with van der Waals surface area (Å²) in [4.78, 5) is 32.8. The standard InChI is InChI=1S/C15H13N3O4/c1-7-10-12(11(8(2)17-7)15(20)22-3)9-5-4-6-16-13(9)18(21)14(10)19/h4-6,21H,1-3H3. The van der Waals surface area contributed by atoms with Crippen LogP contribution >= 0.6 is 0 Å². The zero-order valence-corrected chi connectivity index (χ0v) is 12.2. The van der Waals surface area contributed by atoms with Crippen molar-refractivity contribution in [3.8, 4) is 0 Å². The van der Waals surface area contributed by atoms with Gasteiger partial charge in [-0.2, -0.15) is 0 Å². The number of fused-ring (bicyclic) bond motifs is 3. The maximum atomic E-state index is 12.4. The number of aromatic nitrogens is 3. The molecule has 0 radical (unpaired) electrons. The molecule has 0 fully saturated rings. The molecule has 112 valence electrons. The Balaban J connectivity index is 2.74. The number of aryl methyl sites for hydroxylation is 2. The lowest BCUT2D eigenvalue weighted by molar-refractivity contribution is 0.0601. The summed E-state index contributed by atoms with van der Waals surface area (Å²) in [5.74, 6) is -0.588. The van der Waals surface area contributed by atoms with E-state index >= 15 is 0 Å². The van der Waals surface area contributed by atoms with E-state index in [9.17, 15) is 14.8 Å². The van der Waals surface area contributed by atoms with Crippen molar-refractivity contribution in [3.05, 3.63) is 45.6 Å². The van der Waals surface area contributed by atoms with Crippen molar-refractivity contribution in [3.63, 3.8) is 0 Å². The van der Waals surface area contributed by atoms with E-state index in [4.69, 9.17) is 4.74 Å². The Morgan fingerprint density at radius 1 is 1.27 bits per heavy atom. The number of carbonyl (C=O) groups is 1. The average molecular weight is 299 g/mol. The third-order valence-corrected chi connectivity index (χ3v) is 3.61. The third-order valence-electron chi connectivity index (χ3n) is 3.61. The van der Waals surface area contributed by atoms with Gasteiger partial charge in [-0.1, -0.05) is 0 Å². The Hall–Kier alpha value is -2.96. The largest absolute Gasteiger partial charge is 0.465 e. The van der Waals surface area contributed by atoms with Gasteiger partial charge in [0.1, 0.15) is 0 Å². The lowest BCUT2D eigenvalue weighted by atomic mass is 10.0. The summed E-state index contributed by atoms with van der Waals surface area (Å²) >= 11 is 0. The second-order valence-electron chi connectivity index (χ2n) is 4.89. The summed E-state index contributed by atoms with van der Waals surface area (Å²) in [6.07, 6.45) is 1.46. The first-order valence-electron chi connectivity index (χ1n) is 6.55. The summed E-state index contributed by atoms with van der Waals surface area (Å²) in [6, 6.07) is 3.35. The average Bonchev–Trinajstić information content (AvgIpc) is 2.51. The SMILES string of the molecule is COC(=O)c1c(C)nc(C)c2c(=O)n(O)c3ncccc3c12. The second kappa shape index (κ2) is 4.80. The first-order chi connectivity index (χ1) is 10.5. The van der Waals surface area contributed by atoms with E-state index in [1.807, 2.05) is 0 Å². The second-order valence-corrected chi connectivity index (χ2v) is 4.89. The summed E-state index contributed by atoms with van der Waals surface area (Å²) in [5, 5.41) is 11.1. The quantitative estimate of drug-likeness (QED) is 0.416. The Kier molecular flexibility index (Phi) is 3.05. The highest BCUT2D eigenvalue weighted by Crippen LogP contribution is 2.28. The third kappa shape index (κ3) is 1.75. The predicted molar refractivity (Wildman–Crippen MR) is 79.3 cm³/mol. The van der Waals surface area contributed by atoms with E-state index in [0.717, 1.165) is 0 Å². The number of rotatable bonds is 1. The number of pyridine rings is 3. The molecule has 3 aromatic rings. The first-order valence-corrected chi connectivity index (χ1v) is 6.55. The van der Waals surface area contributed by atoms with Crippen LogP contribution < -0.4 is 5.56 Å². The highest BCUT2D eigenvalue weighted by atomic mass is 16.5. The minimum Gasteiger partial charge on any atom is -0.465 e. The molecule has 0 aliphatic rings. The Morgan fingerprint density at radius 3 is 2.68 bits per heavy atom. The van der Waals surface area contributed by atoms with Gasteiger partial charge in [0.15, 0.2) is 5.65 Å². The fraction of sp³-hybridized carbons (Fsp3) is 0.200. The molecule has 7 heteroatoms. The van der Waals surface area contributed by atoms with Crippen molar-refractivity contribution in [1.82, 2.24) is 14.7 Å². The van der Waals surface area contributed by atoms with Crippen molar-refractivity contribution < 1.29 is 14.7 Å². The van der Waals surface area contributed by atoms with Gasteiger partial charge in [-0.05, 0) is 26.0 Å². The van der Waals surface area contributed by atoms with Crippen LogP contribution in [0.15, 0.2) is 23.1 Å². The summed E-state index contributed by atoms with van der Waals surface area (Å²) in [6.45, 7) is 3.32. The molecular formula is C15H13N3O4. The van der Waals surface area contributed by atoms with Crippen LogP contribution in [0.2, 0.25) is 0 Å². The fourth-order valence-corrected chi connectivity index (χ4v) is 2.70. The van der Waals surface area contributed by atoms with Gasteiger partial charge in [0.05, 0.1) is 29.4 Å². The van der Waals surface area contributed by atoms with Crippen molar-refractivity contribution in [2.45, 2.75) is 13.8 Å². The van der Waals surface area contributed by atoms with E-state index in [0.29, 0.717) is 26.9 Å². The molecule has 3 rings (SSSR count). The maximum Gasteiger partial charge on any atom is 0.340 e. The minimum absolute atomic E-state index is 0.0788. The molecule has 0 saturated heterocycles. The van der Waals surface area contributed by atoms with E-state index in [2.05, 4.69) is 9.97 Å².